The number of fused-ring (bicyclic) bond motifs is 1. The molecule has 2 rings (SSSR count). The fourth-order valence-electron chi connectivity index (χ4n) is 2.78. The minimum Gasteiger partial charge on any atom is -0.307 e. The SMILES string of the molecule is CC(C)C(C)NC1c2cc(Cl)ccc2CC1(C)C. The van der Waals surface area contributed by atoms with Gasteiger partial charge in [-0.2, -0.15) is 0 Å². The molecule has 1 aliphatic carbocycles. The van der Waals surface area contributed by atoms with Crippen molar-refractivity contribution in [3.05, 3.63) is 34.3 Å². The maximum absolute atomic E-state index is 6.15. The molecular formula is C16H24ClN. The Hall–Kier alpha value is -0.530. The Kier molecular flexibility index (Phi) is 3.75. The van der Waals surface area contributed by atoms with Crippen molar-refractivity contribution >= 4 is 11.6 Å². The van der Waals surface area contributed by atoms with Gasteiger partial charge in [0.1, 0.15) is 0 Å². The summed E-state index contributed by atoms with van der Waals surface area (Å²) < 4.78 is 0. The van der Waals surface area contributed by atoms with Gasteiger partial charge in [-0.05, 0) is 47.9 Å². The maximum Gasteiger partial charge on any atom is 0.0409 e. The van der Waals surface area contributed by atoms with Crippen molar-refractivity contribution in [1.29, 1.82) is 0 Å². The molecule has 2 heteroatoms. The molecule has 1 aliphatic rings. The third kappa shape index (κ3) is 2.57. The highest BCUT2D eigenvalue weighted by Crippen LogP contribution is 2.46. The predicted molar refractivity (Wildman–Crippen MR) is 79.1 cm³/mol. The first-order valence-corrected chi connectivity index (χ1v) is 7.23. The second-order valence-corrected chi connectivity index (χ2v) is 7.08. The van der Waals surface area contributed by atoms with Crippen LogP contribution in [-0.4, -0.2) is 6.04 Å². The first-order chi connectivity index (χ1) is 8.31. The average Bonchev–Trinajstić information content (AvgIpc) is 2.50. The maximum atomic E-state index is 6.15. The summed E-state index contributed by atoms with van der Waals surface area (Å²) in [7, 11) is 0. The van der Waals surface area contributed by atoms with Gasteiger partial charge in [0.15, 0.2) is 0 Å². The van der Waals surface area contributed by atoms with Crippen molar-refractivity contribution in [3.8, 4) is 0 Å². The van der Waals surface area contributed by atoms with Gasteiger partial charge in [-0.1, -0.05) is 45.4 Å². The first kappa shape index (κ1) is 13.9. The molecule has 1 aromatic rings. The molecule has 0 heterocycles. The molecule has 2 unspecified atom stereocenters. The molecule has 0 saturated carbocycles. The van der Waals surface area contributed by atoms with Crippen LogP contribution in [0.25, 0.3) is 0 Å². The summed E-state index contributed by atoms with van der Waals surface area (Å²) in [5, 5.41) is 4.64. The second-order valence-electron chi connectivity index (χ2n) is 6.64. The lowest BCUT2D eigenvalue weighted by Crippen LogP contribution is -2.39. The van der Waals surface area contributed by atoms with Crippen LogP contribution in [0.2, 0.25) is 5.02 Å². The first-order valence-electron chi connectivity index (χ1n) is 6.85. The number of halogens is 1. The molecule has 18 heavy (non-hydrogen) atoms. The number of hydrogen-bond acceptors (Lipinski definition) is 1. The second kappa shape index (κ2) is 4.86. The summed E-state index contributed by atoms with van der Waals surface area (Å²) in [6.07, 6.45) is 1.13. The van der Waals surface area contributed by atoms with Crippen LogP contribution in [0.3, 0.4) is 0 Å². The van der Waals surface area contributed by atoms with E-state index in [0.29, 0.717) is 18.0 Å². The highest BCUT2D eigenvalue weighted by Gasteiger charge is 2.39. The number of rotatable bonds is 3. The molecule has 1 nitrogen and oxygen atoms in total. The molecule has 0 aromatic heterocycles. The van der Waals surface area contributed by atoms with E-state index in [9.17, 15) is 0 Å². The minimum absolute atomic E-state index is 0.260. The lowest BCUT2D eigenvalue weighted by Gasteiger charge is -2.33. The van der Waals surface area contributed by atoms with Crippen LogP contribution in [-0.2, 0) is 6.42 Å². The molecule has 0 bridgehead atoms. The molecule has 0 spiro atoms. The molecule has 0 aliphatic heterocycles. The average molecular weight is 266 g/mol. The zero-order valence-electron chi connectivity index (χ0n) is 12.0. The zero-order chi connectivity index (χ0) is 13.5. The highest BCUT2D eigenvalue weighted by molar-refractivity contribution is 6.30. The van der Waals surface area contributed by atoms with E-state index in [1.165, 1.54) is 11.1 Å². The van der Waals surface area contributed by atoms with E-state index in [4.69, 9.17) is 11.6 Å². The monoisotopic (exact) mass is 265 g/mol. The Morgan fingerprint density at radius 1 is 1.28 bits per heavy atom. The molecule has 0 saturated heterocycles. The molecule has 0 amide bonds. The van der Waals surface area contributed by atoms with Gasteiger partial charge in [0, 0.05) is 17.1 Å². The molecular weight excluding hydrogens is 242 g/mol. The van der Waals surface area contributed by atoms with Crippen molar-refractivity contribution in [2.75, 3.05) is 0 Å². The summed E-state index contributed by atoms with van der Waals surface area (Å²) in [5.41, 5.74) is 3.09. The number of hydrogen-bond donors (Lipinski definition) is 1. The summed E-state index contributed by atoms with van der Waals surface area (Å²) >= 11 is 6.15. The van der Waals surface area contributed by atoms with Gasteiger partial charge in [-0.15, -0.1) is 0 Å². The van der Waals surface area contributed by atoms with Crippen molar-refractivity contribution in [2.45, 2.75) is 53.1 Å². The van der Waals surface area contributed by atoms with E-state index < -0.39 is 0 Å². The van der Waals surface area contributed by atoms with E-state index >= 15 is 0 Å². The number of benzene rings is 1. The third-order valence-electron chi connectivity index (χ3n) is 4.28. The van der Waals surface area contributed by atoms with Crippen LogP contribution < -0.4 is 5.32 Å². The normalized spacial score (nSPS) is 23.2. The van der Waals surface area contributed by atoms with E-state index in [-0.39, 0.29) is 5.41 Å². The van der Waals surface area contributed by atoms with Crippen molar-refractivity contribution < 1.29 is 0 Å². The van der Waals surface area contributed by atoms with Crippen LogP contribution in [0.15, 0.2) is 18.2 Å². The number of nitrogens with one attached hydrogen (secondary N) is 1. The van der Waals surface area contributed by atoms with Crippen molar-refractivity contribution in [3.63, 3.8) is 0 Å². The topological polar surface area (TPSA) is 12.0 Å². The Morgan fingerprint density at radius 2 is 1.94 bits per heavy atom. The van der Waals surface area contributed by atoms with E-state index in [2.05, 4.69) is 52.1 Å². The Balaban J connectivity index is 2.31. The van der Waals surface area contributed by atoms with Gasteiger partial charge in [0.05, 0.1) is 0 Å². The lowest BCUT2D eigenvalue weighted by atomic mass is 9.84. The van der Waals surface area contributed by atoms with Crippen molar-refractivity contribution in [2.24, 2.45) is 11.3 Å². The Morgan fingerprint density at radius 3 is 2.56 bits per heavy atom. The quantitative estimate of drug-likeness (QED) is 0.842. The minimum atomic E-state index is 0.260. The molecule has 1 aromatic carbocycles. The van der Waals surface area contributed by atoms with Gasteiger partial charge in [0.25, 0.3) is 0 Å². The van der Waals surface area contributed by atoms with Gasteiger partial charge in [-0.25, -0.2) is 0 Å². The third-order valence-corrected chi connectivity index (χ3v) is 4.51. The van der Waals surface area contributed by atoms with E-state index in [1.54, 1.807) is 0 Å². The lowest BCUT2D eigenvalue weighted by molar-refractivity contribution is 0.234. The Labute approximate surface area is 116 Å². The van der Waals surface area contributed by atoms with Gasteiger partial charge < -0.3 is 5.32 Å². The van der Waals surface area contributed by atoms with Crippen LogP contribution in [0.4, 0.5) is 0 Å². The highest BCUT2D eigenvalue weighted by atomic mass is 35.5. The van der Waals surface area contributed by atoms with Crippen LogP contribution in [0.5, 0.6) is 0 Å². The van der Waals surface area contributed by atoms with Gasteiger partial charge in [-0.3, -0.25) is 0 Å². The molecule has 100 valence electrons. The summed E-state index contributed by atoms with van der Waals surface area (Å²) in [5.74, 6) is 0.643. The Bertz CT molecular complexity index is 437. The van der Waals surface area contributed by atoms with Crippen LogP contribution in [0.1, 0.15) is 51.8 Å². The summed E-state index contributed by atoms with van der Waals surface area (Å²) in [4.78, 5) is 0. The summed E-state index contributed by atoms with van der Waals surface area (Å²) in [6.45, 7) is 11.5. The predicted octanol–water partition coefficient (Wildman–Crippen LogP) is 4.60. The van der Waals surface area contributed by atoms with Crippen molar-refractivity contribution in [1.82, 2.24) is 5.32 Å². The van der Waals surface area contributed by atoms with Gasteiger partial charge >= 0.3 is 0 Å². The summed E-state index contributed by atoms with van der Waals surface area (Å²) in [6, 6.07) is 7.24. The molecule has 0 fully saturated rings. The smallest absolute Gasteiger partial charge is 0.0409 e. The molecule has 1 N–H and O–H groups in total. The molecule has 0 radical (unpaired) electrons. The fraction of sp³-hybridized carbons (Fsp3) is 0.625. The van der Waals surface area contributed by atoms with Gasteiger partial charge in [0.2, 0.25) is 0 Å². The largest absolute Gasteiger partial charge is 0.307 e. The van der Waals surface area contributed by atoms with Crippen LogP contribution >= 0.6 is 11.6 Å². The molecule has 2 atom stereocenters. The van der Waals surface area contributed by atoms with E-state index in [0.717, 1.165) is 11.4 Å². The fourth-order valence-corrected chi connectivity index (χ4v) is 2.96. The zero-order valence-corrected chi connectivity index (χ0v) is 12.8. The van der Waals surface area contributed by atoms with Crippen LogP contribution in [0, 0.1) is 11.3 Å². The van der Waals surface area contributed by atoms with E-state index in [1.807, 2.05) is 6.07 Å². The standard InChI is InChI=1S/C16H24ClN/c1-10(2)11(3)18-15-14-8-13(17)7-6-12(14)9-16(15,4)5/h6-8,10-11,15,18H,9H2,1-5H3.